The highest BCUT2D eigenvalue weighted by Gasteiger charge is 2.18. The van der Waals surface area contributed by atoms with Crippen molar-refractivity contribution in [2.75, 3.05) is 0 Å². The van der Waals surface area contributed by atoms with Crippen LogP contribution in [-0.2, 0) is 0 Å². The smallest absolute Gasteiger partial charge is 0.168 e. The number of nitrogens with zero attached hydrogens (tertiary/aromatic N) is 3. The summed E-state index contributed by atoms with van der Waals surface area (Å²) < 4.78 is 8.81. The van der Waals surface area contributed by atoms with Gasteiger partial charge in [0.25, 0.3) is 0 Å². The molecule has 0 saturated heterocycles. The van der Waals surface area contributed by atoms with E-state index in [1.807, 2.05) is 12.1 Å². The van der Waals surface area contributed by atoms with E-state index in [-0.39, 0.29) is 0 Å². The van der Waals surface area contributed by atoms with Gasteiger partial charge >= 0.3 is 0 Å². The summed E-state index contributed by atoms with van der Waals surface area (Å²) in [7, 11) is 0. The van der Waals surface area contributed by atoms with Crippen molar-refractivity contribution in [3.05, 3.63) is 176 Å². The quantitative estimate of drug-likeness (QED) is 0.188. The summed E-state index contributed by atoms with van der Waals surface area (Å²) >= 11 is 0. The Bertz CT molecular complexity index is 3190. The van der Waals surface area contributed by atoms with Crippen LogP contribution < -0.4 is 0 Å². The molecule has 52 heavy (non-hydrogen) atoms. The van der Waals surface area contributed by atoms with Crippen molar-refractivity contribution in [2.24, 2.45) is 0 Å². The molecular weight excluding hydrogens is 635 g/mol. The molecule has 4 heteroatoms. The number of rotatable bonds is 4. The molecule has 0 aliphatic carbocycles. The van der Waals surface area contributed by atoms with Gasteiger partial charge in [-0.3, -0.25) is 4.40 Å². The fourth-order valence-electron chi connectivity index (χ4n) is 7.79. The Balaban J connectivity index is 1.08. The zero-order chi connectivity index (χ0) is 34.2. The summed E-state index contributed by atoms with van der Waals surface area (Å²) in [4.78, 5) is 0. The highest BCUT2D eigenvalue weighted by Crippen LogP contribution is 2.42. The minimum Gasteiger partial charge on any atom is -0.455 e. The van der Waals surface area contributed by atoms with Crippen LogP contribution in [0.5, 0.6) is 0 Å². The lowest BCUT2D eigenvalue weighted by Crippen LogP contribution is -1.90. The molecule has 11 aromatic rings. The van der Waals surface area contributed by atoms with Gasteiger partial charge in [-0.25, -0.2) is 0 Å². The number of hydrogen-bond donors (Lipinski definition) is 0. The van der Waals surface area contributed by atoms with E-state index in [9.17, 15) is 0 Å². The second-order valence-corrected chi connectivity index (χ2v) is 13.5. The van der Waals surface area contributed by atoms with Gasteiger partial charge in [0.05, 0.1) is 0 Å². The van der Waals surface area contributed by atoms with Crippen LogP contribution in [-0.4, -0.2) is 14.6 Å². The minimum absolute atomic E-state index is 0.812. The van der Waals surface area contributed by atoms with Crippen molar-refractivity contribution in [1.82, 2.24) is 14.6 Å². The van der Waals surface area contributed by atoms with Crippen molar-refractivity contribution in [3.63, 3.8) is 0 Å². The lowest BCUT2D eigenvalue weighted by atomic mass is 9.93. The maximum Gasteiger partial charge on any atom is 0.168 e. The largest absolute Gasteiger partial charge is 0.455 e. The molecule has 242 valence electrons. The zero-order valence-corrected chi connectivity index (χ0v) is 28.0. The van der Waals surface area contributed by atoms with E-state index in [1.165, 1.54) is 32.7 Å². The van der Waals surface area contributed by atoms with E-state index in [1.54, 1.807) is 0 Å². The van der Waals surface area contributed by atoms with Crippen LogP contribution in [0.1, 0.15) is 0 Å². The summed E-state index contributed by atoms with van der Waals surface area (Å²) in [5.74, 6) is 0.812. The Morgan fingerprint density at radius 2 is 0.962 bits per heavy atom. The SMILES string of the molecule is c1ccc2cc(-c3ccc4oc5c(-c6ccc(-c7nnc8c9ccccc9ccn78)cc6)cc(-c6ccc7ccccc7c6)cc5c4c3)ccc2c1. The van der Waals surface area contributed by atoms with Crippen molar-refractivity contribution < 1.29 is 4.42 Å². The molecule has 0 radical (unpaired) electrons. The van der Waals surface area contributed by atoms with Crippen molar-refractivity contribution in [2.45, 2.75) is 0 Å². The summed E-state index contributed by atoms with van der Waals surface area (Å²) in [6, 6.07) is 60.6. The molecule has 4 nitrogen and oxygen atoms in total. The summed E-state index contributed by atoms with van der Waals surface area (Å²) in [5.41, 5.74) is 10.4. The third kappa shape index (κ3) is 4.55. The molecule has 0 unspecified atom stereocenters. The highest BCUT2D eigenvalue weighted by atomic mass is 16.3. The van der Waals surface area contributed by atoms with Crippen molar-refractivity contribution >= 4 is 59.9 Å². The fourth-order valence-corrected chi connectivity index (χ4v) is 7.79. The topological polar surface area (TPSA) is 43.3 Å². The van der Waals surface area contributed by atoms with Gasteiger partial charge in [-0.15, -0.1) is 10.2 Å². The molecule has 0 saturated carbocycles. The van der Waals surface area contributed by atoms with Gasteiger partial charge in [0, 0.05) is 33.5 Å². The molecular formula is C48H29N3O. The van der Waals surface area contributed by atoms with Gasteiger partial charge in [0.2, 0.25) is 0 Å². The van der Waals surface area contributed by atoms with Gasteiger partial charge < -0.3 is 4.42 Å². The van der Waals surface area contributed by atoms with Gasteiger partial charge in [0.15, 0.2) is 11.5 Å². The Morgan fingerprint density at radius 1 is 0.385 bits per heavy atom. The lowest BCUT2D eigenvalue weighted by molar-refractivity contribution is 0.670. The van der Waals surface area contributed by atoms with Crippen LogP contribution in [0.3, 0.4) is 0 Å². The molecule has 0 atom stereocenters. The summed E-state index contributed by atoms with van der Waals surface area (Å²) in [5, 5.41) is 18.5. The predicted molar refractivity (Wildman–Crippen MR) is 215 cm³/mol. The Morgan fingerprint density at radius 3 is 1.71 bits per heavy atom. The second-order valence-electron chi connectivity index (χ2n) is 13.5. The average Bonchev–Trinajstić information content (AvgIpc) is 3.82. The Kier molecular flexibility index (Phi) is 6.22. The monoisotopic (exact) mass is 663 g/mol. The molecule has 3 aromatic heterocycles. The number of benzene rings is 8. The van der Waals surface area contributed by atoms with E-state index < -0.39 is 0 Å². The highest BCUT2D eigenvalue weighted by molar-refractivity contribution is 6.12. The maximum atomic E-state index is 6.73. The summed E-state index contributed by atoms with van der Waals surface area (Å²) in [6.45, 7) is 0. The van der Waals surface area contributed by atoms with Crippen LogP contribution in [0.2, 0.25) is 0 Å². The van der Waals surface area contributed by atoms with Crippen LogP contribution in [0.25, 0.3) is 105 Å². The van der Waals surface area contributed by atoms with Gasteiger partial charge in [0.1, 0.15) is 11.2 Å². The van der Waals surface area contributed by atoms with E-state index >= 15 is 0 Å². The predicted octanol–water partition coefficient (Wildman–Crippen LogP) is 12.8. The fraction of sp³-hybridized carbons (Fsp3) is 0. The molecule has 0 aliphatic rings. The van der Waals surface area contributed by atoms with E-state index in [0.717, 1.165) is 72.0 Å². The molecule has 0 N–H and O–H groups in total. The van der Waals surface area contributed by atoms with Crippen molar-refractivity contribution in [3.8, 4) is 44.8 Å². The Hall–Kier alpha value is -7.04. The normalized spacial score (nSPS) is 11.8. The standard InChI is InChI=1S/C48H29N3O/c1-3-10-35-25-37(19-13-30(35)7-1)39-21-22-45-43(27-39)44-29-40(38-20-14-31-8-2-4-11-36(31)26-38)28-42(46(44)52-45)33-15-17-34(18-16-33)47-49-50-48-41-12-6-5-9-32(41)23-24-51(47)48/h1-29H. The molecule has 3 heterocycles. The lowest BCUT2D eigenvalue weighted by Gasteiger charge is -2.10. The summed E-state index contributed by atoms with van der Waals surface area (Å²) in [6.07, 6.45) is 2.05. The molecule has 11 rings (SSSR count). The number of furan rings is 1. The van der Waals surface area contributed by atoms with Crippen LogP contribution >= 0.6 is 0 Å². The first kappa shape index (κ1) is 28.8. The Labute approximate surface area is 298 Å². The maximum absolute atomic E-state index is 6.73. The van der Waals surface area contributed by atoms with Crippen LogP contribution in [0, 0.1) is 0 Å². The molecule has 0 aliphatic heterocycles. The molecule has 0 bridgehead atoms. The first-order valence-electron chi connectivity index (χ1n) is 17.6. The molecule has 8 aromatic carbocycles. The number of fused-ring (bicyclic) bond motifs is 8. The average molecular weight is 664 g/mol. The van der Waals surface area contributed by atoms with Gasteiger partial charge in [-0.2, -0.15) is 0 Å². The number of pyridine rings is 1. The van der Waals surface area contributed by atoms with Crippen molar-refractivity contribution in [1.29, 1.82) is 0 Å². The van der Waals surface area contributed by atoms with E-state index in [4.69, 9.17) is 4.42 Å². The van der Waals surface area contributed by atoms with E-state index in [0.29, 0.717) is 0 Å². The second kappa shape index (κ2) is 11.2. The van der Waals surface area contributed by atoms with Gasteiger partial charge in [-0.1, -0.05) is 127 Å². The van der Waals surface area contributed by atoms with E-state index in [2.05, 4.69) is 179 Å². The number of hydrogen-bond acceptors (Lipinski definition) is 3. The molecule has 0 spiro atoms. The third-order valence-electron chi connectivity index (χ3n) is 10.5. The first-order valence-corrected chi connectivity index (χ1v) is 17.6. The van der Waals surface area contributed by atoms with Crippen LogP contribution in [0.15, 0.2) is 180 Å². The van der Waals surface area contributed by atoms with Gasteiger partial charge in [-0.05, 0) is 97.2 Å². The minimum atomic E-state index is 0.812. The van der Waals surface area contributed by atoms with Crippen LogP contribution in [0.4, 0.5) is 0 Å². The number of aromatic nitrogens is 3. The third-order valence-corrected chi connectivity index (χ3v) is 10.5. The molecule has 0 fully saturated rings. The molecule has 0 amide bonds. The zero-order valence-electron chi connectivity index (χ0n) is 28.0. The first-order chi connectivity index (χ1) is 25.7.